The van der Waals surface area contributed by atoms with E-state index in [2.05, 4.69) is 5.32 Å². The van der Waals surface area contributed by atoms with Crippen molar-refractivity contribution in [3.05, 3.63) is 69.7 Å². The molecule has 4 nitrogen and oxygen atoms in total. The number of hydrogen-bond donors (Lipinski definition) is 1. The lowest BCUT2D eigenvalue weighted by molar-refractivity contribution is -0.139. The molecule has 0 radical (unpaired) electrons. The van der Waals surface area contributed by atoms with E-state index in [1.807, 2.05) is 57.2 Å². The van der Waals surface area contributed by atoms with Gasteiger partial charge in [0.05, 0.1) is 5.75 Å². The summed E-state index contributed by atoms with van der Waals surface area (Å²) in [5.74, 6) is 0.751. The van der Waals surface area contributed by atoms with Crippen molar-refractivity contribution >= 4 is 46.8 Å². The number of hydrogen-bond acceptors (Lipinski definition) is 3. The van der Waals surface area contributed by atoms with E-state index in [0.717, 1.165) is 17.5 Å². The quantitative estimate of drug-likeness (QED) is 0.394. The Bertz CT molecular complexity index is 880. The van der Waals surface area contributed by atoms with Crippen LogP contribution < -0.4 is 5.32 Å². The first kappa shape index (κ1) is 26.6. The van der Waals surface area contributed by atoms with Crippen LogP contribution in [0, 0.1) is 0 Å². The van der Waals surface area contributed by atoms with Gasteiger partial charge < -0.3 is 10.2 Å². The SMILES string of the molecule is CC[C@H](C)NC(=O)[C@H](CC)N(CCc1ccccc1)C(=O)CSCc1ccc(Cl)cc1Cl. The lowest BCUT2D eigenvalue weighted by Crippen LogP contribution is -2.52. The van der Waals surface area contributed by atoms with Gasteiger partial charge in [-0.15, -0.1) is 11.8 Å². The number of nitrogens with one attached hydrogen (secondary N) is 1. The maximum atomic E-state index is 13.2. The Kier molecular flexibility index (Phi) is 11.4. The monoisotopic (exact) mass is 494 g/mol. The lowest BCUT2D eigenvalue weighted by atomic mass is 10.1. The van der Waals surface area contributed by atoms with Crippen molar-refractivity contribution in [3.63, 3.8) is 0 Å². The number of halogens is 2. The number of carbonyl (C=O) groups is 2. The molecule has 0 bridgehead atoms. The zero-order chi connectivity index (χ0) is 23.5. The van der Waals surface area contributed by atoms with E-state index in [-0.39, 0.29) is 23.6 Å². The minimum absolute atomic E-state index is 0.0397. The van der Waals surface area contributed by atoms with Crippen molar-refractivity contribution in [1.82, 2.24) is 10.2 Å². The summed E-state index contributed by atoms with van der Waals surface area (Å²) in [7, 11) is 0. The second-order valence-corrected chi connectivity index (χ2v) is 9.62. The second-order valence-electron chi connectivity index (χ2n) is 7.79. The van der Waals surface area contributed by atoms with E-state index in [1.165, 1.54) is 11.8 Å². The topological polar surface area (TPSA) is 49.4 Å². The van der Waals surface area contributed by atoms with Crippen molar-refractivity contribution in [3.8, 4) is 0 Å². The highest BCUT2D eigenvalue weighted by Crippen LogP contribution is 2.25. The summed E-state index contributed by atoms with van der Waals surface area (Å²) < 4.78 is 0. The average molecular weight is 496 g/mol. The molecule has 0 saturated carbocycles. The number of nitrogens with zero attached hydrogens (tertiary/aromatic N) is 1. The Morgan fingerprint density at radius 1 is 1.06 bits per heavy atom. The molecule has 2 aromatic rings. The molecule has 2 atom stereocenters. The molecular weight excluding hydrogens is 463 g/mol. The van der Waals surface area contributed by atoms with Gasteiger partial charge in [0.1, 0.15) is 6.04 Å². The highest BCUT2D eigenvalue weighted by Gasteiger charge is 2.28. The molecule has 0 aliphatic carbocycles. The third-order valence-corrected chi connectivity index (χ3v) is 6.92. The first-order valence-corrected chi connectivity index (χ1v) is 12.9. The van der Waals surface area contributed by atoms with Crippen LogP contribution in [0.2, 0.25) is 10.0 Å². The third kappa shape index (κ3) is 8.34. The van der Waals surface area contributed by atoms with E-state index in [4.69, 9.17) is 23.2 Å². The van der Waals surface area contributed by atoms with Crippen molar-refractivity contribution in [1.29, 1.82) is 0 Å². The molecule has 174 valence electrons. The molecule has 2 rings (SSSR count). The predicted molar refractivity (Wildman–Crippen MR) is 136 cm³/mol. The van der Waals surface area contributed by atoms with Crippen molar-refractivity contribution in [2.45, 2.75) is 57.9 Å². The Labute approximate surface area is 206 Å². The van der Waals surface area contributed by atoms with Crippen molar-refractivity contribution < 1.29 is 9.59 Å². The van der Waals surface area contributed by atoms with Gasteiger partial charge in [0.25, 0.3) is 0 Å². The zero-order valence-electron chi connectivity index (χ0n) is 18.9. The molecule has 0 aliphatic rings. The van der Waals surface area contributed by atoms with Gasteiger partial charge in [-0.1, -0.05) is 73.4 Å². The third-order valence-electron chi connectivity index (χ3n) is 5.37. The van der Waals surface area contributed by atoms with E-state index in [0.29, 0.717) is 35.2 Å². The molecule has 7 heteroatoms. The lowest BCUT2D eigenvalue weighted by Gasteiger charge is -2.31. The number of benzene rings is 2. The molecule has 0 unspecified atom stereocenters. The normalized spacial score (nSPS) is 12.8. The molecule has 2 aromatic carbocycles. The standard InChI is InChI=1S/C25H32Cl2N2O2S/c1-4-18(3)28-25(31)23(5-2)29(14-13-19-9-7-6-8-10-19)24(30)17-32-16-20-11-12-21(26)15-22(20)27/h6-12,15,18,23H,4-5,13-14,16-17H2,1-3H3,(H,28,31)/t18-,23-/m0/s1. The smallest absolute Gasteiger partial charge is 0.243 e. The summed E-state index contributed by atoms with van der Waals surface area (Å²) in [4.78, 5) is 27.9. The number of amides is 2. The summed E-state index contributed by atoms with van der Waals surface area (Å²) in [6.07, 6.45) is 2.11. The molecule has 0 fully saturated rings. The van der Waals surface area contributed by atoms with Gasteiger partial charge in [0, 0.05) is 28.4 Å². The van der Waals surface area contributed by atoms with Crippen LogP contribution in [0.5, 0.6) is 0 Å². The summed E-state index contributed by atoms with van der Waals surface area (Å²) in [5, 5.41) is 4.22. The molecule has 0 saturated heterocycles. The minimum Gasteiger partial charge on any atom is -0.352 e. The number of thioether (sulfide) groups is 1. The van der Waals surface area contributed by atoms with E-state index < -0.39 is 6.04 Å². The van der Waals surface area contributed by atoms with Crippen LogP contribution >= 0.6 is 35.0 Å². The summed E-state index contributed by atoms with van der Waals surface area (Å²) in [5.41, 5.74) is 2.08. The van der Waals surface area contributed by atoms with Crippen LogP contribution in [0.25, 0.3) is 0 Å². The van der Waals surface area contributed by atoms with Gasteiger partial charge >= 0.3 is 0 Å². The van der Waals surface area contributed by atoms with Crippen LogP contribution in [-0.4, -0.2) is 41.1 Å². The van der Waals surface area contributed by atoms with Crippen LogP contribution in [0.1, 0.15) is 44.7 Å². The molecule has 0 aromatic heterocycles. The first-order chi connectivity index (χ1) is 15.3. The fourth-order valence-corrected chi connectivity index (χ4v) is 4.78. The number of carbonyl (C=O) groups excluding carboxylic acids is 2. The molecule has 32 heavy (non-hydrogen) atoms. The maximum Gasteiger partial charge on any atom is 0.243 e. The Morgan fingerprint density at radius 3 is 2.41 bits per heavy atom. The molecule has 2 amide bonds. The molecular formula is C25H32Cl2N2O2S. The largest absolute Gasteiger partial charge is 0.352 e. The molecule has 0 heterocycles. The fourth-order valence-electron chi connectivity index (χ4n) is 3.31. The van der Waals surface area contributed by atoms with E-state index in [1.54, 1.807) is 17.0 Å². The highest BCUT2D eigenvalue weighted by atomic mass is 35.5. The number of rotatable bonds is 12. The van der Waals surface area contributed by atoms with Gasteiger partial charge in [-0.3, -0.25) is 9.59 Å². The first-order valence-electron chi connectivity index (χ1n) is 11.0. The van der Waals surface area contributed by atoms with Crippen LogP contribution in [0.15, 0.2) is 48.5 Å². The highest BCUT2D eigenvalue weighted by molar-refractivity contribution is 7.99. The summed E-state index contributed by atoms with van der Waals surface area (Å²) in [6, 6.07) is 15.0. The summed E-state index contributed by atoms with van der Waals surface area (Å²) >= 11 is 13.7. The molecule has 1 N–H and O–H groups in total. The van der Waals surface area contributed by atoms with Crippen LogP contribution in [-0.2, 0) is 21.8 Å². The minimum atomic E-state index is -0.486. The van der Waals surface area contributed by atoms with Gasteiger partial charge in [0.2, 0.25) is 11.8 Å². The van der Waals surface area contributed by atoms with Gasteiger partial charge in [0.15, 0.2) is 0 Å². The summed E-state index contributed by atoms with van der Waals surface area (Å²) in [6.45, 7) is 6.46. The Morgan fingerprint density at radius 2 is 1.78 bits per heavy atom. The molecule has 0 aliphatic heterocycles. The Balaban J connectivity index is 2.08. The molecule has 0 spiro atoms. The Hall–Kier alpha value is -1.69. The van der Waals surface area contributed by atoms with Crippen LogP contribution in [0.3, 0.4) is 0 Å². The van der Waals surface area contributed by atoms with Crippen molar-refractivity contribution in [2.24, 2.45) is 0 Å². The van der Waals surface area contributed by atoms with Crippen LogP contribution in [0.4, 0.5) is 0 Å². The maximum absolute atomic E-state index is 13.2. The van der Waals surface area contributed by atoms with E-state index >= 15 is 0 Å². The van der Waals surface area contributed by atoms with E-state index in [9.17, 15) is 9.59 Å². The second kappa shape index (κ2) is 13.8. The fraction of sp³-hybridized carbons (Fsp3) is 0.440. The van der Waals surface area contributed by atoms with Gasteiger partial charge in [-0.25, -0.2) is 0 Å². The van der Waals surface area contributed by atoms with Gasteiger partial charge in [-0.2, -0.15) is 0 Å². The van der Waals surface area contributed by atoms with Crippen molar-refractivity contribution in [2.75, 3.05) is 12.3 Å². The van der Waals surface area contributed by atoms with Gasteiger partial charge in [-0.05, 0) is 49.4 Å². The zero-order valence-corrected chi connectivity index (χ0v) is 21.3. The average Bonchev–Trinajstić information content (AvgIpc) is 2.78. The predicted octanol–water partition coefficient (Wildman–Crippen LogP) is 5.99.